The van der Waals surface area contributed by atoms with Gasteiger partial charge in [0.1, 0.15) is 0 Å². The monoisotopic (exact) mass is 517 g/mol. The van der Waals surface area contributed by atoms with E-state index >= 15 is 0 Å². The predicted octanol–water partition coefficient (Wildman–Crippen LogP) is 4.16. The third-order valence-corrected chi connectivity index (χ3v) is 7.15. The molecule has 0 saturated carbocycles. The number of sulfonamides is 1. The summed E-state index contributed by atoms with van der Waals surface area (Å²) in [5.74, 6) is -0.0270. The van der Waals surface area contributed by atoms with Gasteiger partial charge in [0, 0.05) is 54.9 Å². The predicted molar refractivity (Wildman–Crippen MR) is 149 cm³/mol. The maximum absolute atomic E-state index is 11.8. The van der Waals surface area contributed by atoms with Crippen LogP contribution >= 0.6 is 0 Å². The van der Waals surface area contributed by atoms with Crippen molar-refractivity contribution in [1.82, 2.24) is 14.8 Å². The van der Waals surface area contributed by atoms with Crippen molar-refractivity contribution in [3.63, 3.8) is 0 Å². The first kappa shape index (κ1) is 25.0. The standard InChI is InChI=1S/C28H31N5O3S/c1-32-14-16-33(17-15-32)19-20-8-10-22(11-9-20)29-27(21-6-4-3-5-7-21)26-24-18-23(31-37(2,35)36)12-13-25(24)30-28(26)34/h3-13,18,30-31,34H,14-17,19H2,1-2H3. The lowest BCUT2D eigenvalue weighted by Crippen LogP contribution is -2.43. The number of rotatable bonds is 7. The molecule has 0 amide bonds. The number of fused-ring (bicyclic) bond motifs is 1. The van der Waals surface area contributed by atoms with E-state index in [4.69, 9.17) is 4.99 Å². The molecule has 0 bridgehead atoms. The second kappa shape index (κ2) is 10.4. The number of aromatic hydroxyl groups is 1. The first-order valence-electron chi connectivity index (χ1n) is 12.2. The Labute approximate surface area is 217 Å². The van der Waals surface area contributed by atoms with E-state index in [2.05, 4.69) is 38.7 Å². The van der Waals surface area contributed by atoms with Gasteiger partial charge in [0.05, 0.1) is 23.2 Å². The van der Waals surface area contributed by atoms with Crippen LogP contribution < -0.4 is 4.72 Å². The lowest BCUT2D eigenvalue weighted by Gasteiger charge is -2.32. The third kappa shape index (κ3) is 6.02. The van der Waals surface area contributed by atoms with E-state index in [0.717, 1.165) is 50.2 Å². The molecule has 1 saturated heterocycles. The smallest absolute Gasteiger partial charge is 0.229 e. The number of aromatic amines is 1. The van der Waals surface area contributed by atoms with Crippen molar-refractivity contribution in [2.45, 2.75) is 6.54 Å². The van der Waals surface area contributed by atoms with Crippen molar-refractivity contribution < 1.29 is 13.5 Å². The van der Waals surface area contributed by atoms with E-state index in [-0.39, 0.29) is 5.88 Å². The summed E-state index contributed by atoms with van der Waals surface area (Å²) in [4.78, 5) is 12.8. The zero-order valence-electron chi connectivity index (χ0n) is 21.0. The highest BCUT2D eigenvalue weighted by molar-refractivity contribution is 7.92. The molecule has 0 atom stereocenters. The zero-order chi connectivity index (χ0) is 26.0. The van der Waals surface area contributed by atoms with E-state index in [0.29, 0.717) is 27.9 Å². The van der Waals surface area contributed by atoms with Gasteiger partial charge in [-0.3, -0.25) is 9.62 Å². The number of likely N-dealkylation sites (N-methyl/N-ethyl adjacent to an activating group) is 1. The third-order valence-electron chi connectivity index (χ3n) is 6.55. The van der Waals surface area contributed by atoms with Crippen molar-refractivity contribution in [3.05, 3.63) is 89.5 Å². The minimum absolute atomic E-state index is 0.0270. The van der Waals surface area contributed by atoms with Crippen LogP contribution in [0.25, 0.3) is 10.9 Å². The summed E-state index contributed by atoms with van der Waals surface area (Å²) in [6.07, 6.45) is 1.11. The van der Waals surface area contributed by atoms with E-state index in [1.165, 1.54) is 5.56 Å². The number of aromatic nitrogens is 1. The Hall–Kier alpha value is -3.66. The molecule has 37 heavy (non-hydrogen) atoms. The lowest BCUT2D eigenvalue weighted by molar-refractivity contribution is 0.148. The molecule has 2 heterocycles. The van der Waals surface area contributed by atoms with Gasteiger partial charge in [-0.1, -0.05) is 42.5 Å². The summed E-state index contributed by atoms with van der Waals surface area (Å²) in [6, 6.07) is 23.0. The number of aliphatic imine (C=N–C) groups is 1. The Bertz CT molecular complexity index is 1520. The molecule has 5 rings (SSSR count). The van der Waals surface area contributed by atoms with Gasteiger partial charge >= 0.3 is 0 Å². The number of piperazine rings is 1. The molecular formula is C28H31N5O3S. The molecule has 0 unspecified atom stereocenters. The summed E-state index contributed by atoms with van der Waals surface area (Å²) in [7, 11) is -1.29. The van der Waals surface area contributed by atoms with Gasteiger partial charge in [-0.2, -0.15) is 0 Å². The van der Waals surface area contributed by atoms with Gasteiger partial charge in [0.25, 0.3) is 0 Å². The molecule has 8 nitrogen and oxygen atoms in total. The average molecular weight is 518 g/mol. The van der Waals surface area contributed by atoms with Gasteiger partial charge in [-0.05, 0) is 42.9 Å². The number of anilines is 1. The van der Waals surface area contributed by atoms with E-state index in [1.807, 2.05) is 42.5 Å². The average Bonchev–Trinajstić information content (AvgIpc) is 3.19. The molecule has 9 heteroatoms. The number of H-pyrrole nitrogens is 1. The molecule has 3 aromatic carbocycles. The maximum atomic E-state index is 11.8. The molecule has 0 aliphatic carbocycles. The number of hydrogen-bond acceptors (Lipinski definition) is 6. The molecule has 1 aliphatic heterocycles. The van der Waals surface area contributed by atoms with Gasteiger partial charge in [0.15, 0.2) is 5.88 Å². The van der Waals surface area contributed by atoms with Crippen LogP contribution in [0.15, 0.2) is 77.8 Å². The van der Waals surface area contributed by atoms with Crippen LogP contribution in [-0.4, -0.2) is 73.5 Å². The minimum Gasteiger partial charge on any atom is -0.494 e. The Morgan fingerprint density at radius 1 is 1.00 bits per heavy atom. The summed E-state index contributed by atoms with van der Waals surface area (Å²) >= 11 is 0. The molecular weight excluding hydrogens is 486 g/mol. The summed E-state index contributed by atoms with van der Waals surface area (Å²) < 4.78 is 26.1. The Morgan fingerprint density at radius 2 is 1.70 bits per heavy atom. The summed E-state index contributed by atoms with van der Waals surface area (Å²) in [5, 5.41) is 11.6. The quantitative estimate of drug-likeness (QED) is 0.320. The molecule has 3 N–H and O–H groups in total. The topological polar surface area (TPSA) is 101 Å². The van der Waals surface area contributed by atoms with E-state index in [9.17, 15) is 13.5 Å². The van der Waals surface area contributed by atoms with Crippen molar-refractivity contribution >= 4 is 38.0 Å². The molecule has 4 aromatic rings. The molecule has 192 valence electrons. The highest BCUT2D eigenvalue weighted by atomic mass is 32.2. The van der Waals surface area contributed by atoms with Gasteiger partial charge in [0.2, 0.25) is 10.0 Å². The first-order chi connectivity index (χ1) is 17.7. The Morgan fingerprint density at radius 3 is 2.38 bits per heavy atom. The largest absolute Gasteiger partial charge is 0.494 e. The molecule has 1 aliphatic rings. The molecule has 0 radical (unpaired) electrons. The number of benzene rings is 3. The summed E-state index contributed by atoms with van der Waals surface area (Å²) in [6.45, 7) is 5.19. The minimum atomic E-state index is -3.45. The Kier molecular flexibility index (Phi) is 7.01. The fraction of sp³-hybridized carbons (Fsp3) is 0.250. The van der Waals surface area contributed by atoms with Crippen LogP contribution in [0.4, 0.5) is 11.4 Å². The lowest BCUT2D eigenvalue weighted by atomic mass is 10.0. The first-order valence-corrected chi connectivity index (χ1v) is 14.1. The van der Waals surface area contributed by atoms with Gasteiger partial charge in [-0.15, -0.1) is 0 Å². The maximum Gasteiger partial charge on any atom is 0.229 e. The second-order valence-electron chi connectivity index (χ2n) is 9.56. The second-order valence-corrected chi connectivity index (χ2v) is 11.3. The fourth-order valence-electron chi connectivity index (χ4n) is 4.62. The number of nitrogens with zero attached hydrogens (tertiary/aromatic N) is 3. The zero-order valence-corrected chi connectivity index (χ0v) is 21.8. The van der Waals surface area contributed by atoms with Crippen LogP contribution in [0.5, 0.6) is 5.88 Å². The van der Waals surface area contributed by atoms with Crippen molar-refractivity contribution in [2.75, 3.05) is 44.2 Å². The Balaban J connectivity index is 1.52. The van der Waals surface area contributed by atoms with Crippen LogP contribution in [0.2, 0.25) is 0 Å². The molecule has 0 spiro atoms. The van der Waals surface area contributed by atoms with Crippen LogP contribution in [0.1, 0.15) is 16.7 Å². The normalized spacial score (nSPS) is 15.8. The van der Waals surface area contributed by atoms with E-state index < -0.39 is 10.0 Å². The molecule has 1 fully saturated rings. The van der Waals surface area contributed by atoms with Crippen LogP contribution in [-0.2, 0) is 16.6 Å². The van der Waals surface area contributed by atoms with Gasteiger partial charge < -0.3 is 15.0 Å². The molecule has 1 aromatic heterocycles. The number of hydrogen-bond donors (Lipinski definition) is 3. The fourth-order valence-corrected chi connectivity index (χ4v) is 5.18. The van der Waals surface area contributed by atoms with Crippen molar-refractivity contribution in [3.8, 4) is 5.88 Å². The SMILES string of the molecule is CN1CCN(Cc2ccc(N=C(c3ccccc3)c3c(O)[nH]c4ccc(NS(C)(=O)=O)cc34)cc2)CC1. The van der Waals surface area contributed by atoms with Crippen LogP contribution in [0.3, 0.4) is 0 Å². The van der Waals surface area contributed by atoms with E-state index in [1.54, 1.807) is 18.2 Å². The van der Waals surface area contributed by atoms with Crippen molar-refractivity contribution in [2.24, 2.45) is 4.99 Å². The summed E-state index contributed by atoms with van der Waals surface area (Å²) in [5.41, 5.74) is 5.03. The van der Waals surface area contributed by atoms with Crippen LogP contribution in [0, 0.1) is 0 Å². The van der Waals surface area contributed by atoms with Crippen molar-refractivity contribution in [1.29, 1.82) is 0 Å². The number of nitrogens with one attached hydrogen (secondary N) is 2. The highest BCUT2D eigenvalue weighted by Crippen LogP contribution is 2.33. The highest BCUT2D eigenvalue weighted by Gasteiger charge is 2.20. The van der Waals surface area contributed by atoms with Gasteiger partial charge in [-0.25, -0.2) is 13.4 Å².